The van der Waals surface area contributed by atoms with Gasteiger partial charge in [-0.1, -0.05) is 12.1 Å². The average Bonchev–Trinajstić information content (AvgIpc) is 2.82. The molecular weight excluding hydrogens is 188 g/mol. The third kappa shape index (κ3) is 1.40. The highest BCUT2D eigenvalue weighted by Crippen LogP contribution is 2.29. The summed E-state index contributed by atoms with van der Waals surface area (Å²) >= 11 is 0. The normalized spacial score (nSPS) is 14.7. The summed E-state index contributed by atoms with van der Waals surface area (Å²) in [4.78, 5) is 4.35. The molecule has 0 bridgehead atoms. The minimum absolute atomic E-state index is 0.860. The Hall–Kier alpha value is -2.10. The number of hydrogen-bond acceptors (Lipinski definition) is 3. The van der Waals surface area contributed by atoms with E-state index in [9.17, 15) is 0 Å². The van der Waals surface area contributed by atoms with Gasteiger partial charge in [-0.15, -0.1) is 0 Å². The first-order valence-corrected chi connectivity index (χ1v) is 4.70. The Balaban J connectivity index is 1.96. The van der Waals surface area contributed by atoms with Crippen molar-refractivity contribution in [1.82, 2.24) is 9.78 Å². The van der Waals surface area contributed by atoms with Crippen LogP contribution in [0.1, 0.15) is 0 Å². The van der Waals surface area contributed by atoms with Crippen molar-refractivity contribution in [2.75, 3.05) is 5.32 Å². The van der Waals surface area contributed by atoms with Gasteiger partial charge in [0.05, 0.1) is 17.6 Å². The van der Waals surface area contributed by atoms with Gasteiger partial charge in [0.1, 0.15) is 0 Å². The van der Waals surface area contributed by atoms with E-state index >= 15 is 0 Å². The Morgan fingerprint density at radius 3 is 2.93 bits per heavy atom. The zero-order valence-electron chi connectivity index (χ0n) is 7.96. The van der Waals surface area contributed by atoms with Crippen LogP contribution in [0.25, 0.3) is 0 Å². The molecule has 1 aromatic carbocycles. The van der Waals surface area contributed by atoms with Crippen LogP contribution >= 0.6 is 0 Å². The molecule has 0 unspecified atom stereocenters. The first-order valence-electron chi connectivity index (χ1n) is 4.70. The third-order valence-electron chi connectivity index (χ3n) is 2.24. The Bertz CT molecular complexity index is 487. The van der Waals surface area contributed by atoms with E-state index in [-0.39, 0.29) is 0 Å². The topological polar surface area (TPSA) is 42.2 Å². The van der Waals surface area contributed by atoms with Gasteiger partial charge in [-0.05, 0) is 18.2 Å². The summed E-state index contributed by atoms with van der Waals surface area (Å²) in [5.41, 5.74) is 1.96. The maximum absolute atomic E-state index is 4.35. The van der Waals surface area contributed by atoms with Crippen molar-refractivity contribution in [3.8, 4) is 0 Å². The van der Waals surface area contributed by atoms with E-state index in [2.05, 4.69) is 15.4 Å². The number of fused-ring (bicyclic) bond motifs is 1. The lowest BCUT2D eigenvalue weighted by Gasteiger charge is -2.19. The van der Waals surface area contributed by atoms with Crippen LogP contribution in [0.2, 0.25) is 0 Å². The molecule has 73 valence electrons. The first kappa shape index (κ1) is 8.23. The number of para-hydroxylation sites is 2. The van der Waals surface area contributed by atoms with Crippen LogP contribution in [0.15, 0.2) is 47.7 Å². The number of aliphatic imine (C=N–C) groups is 1. The van der Waals surface area contributed by atoms with Gasteiger partial charge in [0, 0.05) is 12.4 Å². The second-order valence-electron chi connectivity index (χ2n) is 3.24. The molecule has 0 amide bonds. The summed E-state index contributed by atoms with van der Waals surface area (Å²) in [5, 5.41) is 7.41. The van der Waals surface area contributed by atoms with Gasteiger partial charge < -0.3 is 5.32 Å². The number of hydrogen-bond donors (Lipinski definition) is 1. The Morgan fingerprint density at radius 2 is 2.07 bits per heavy atom. The minimum atomic E-state index is 0.860. The minimum Gasteiger partial charge on any atom is -0.351 e. The molecule has 4 heteroatoms. The SMILES string of the molecule is C1=Nc2ccccc2N[C]1n1cccn1. The van der Waals surface area contributed by atoms with Crippen molar-refractivity contribution < 1.29 is 0 Å². The van der Waals surface area contributed by atoms with Crippen molar-refractivity contribution in [2.24, 2.45) is 4.99 Å². The van der Waals surface area contributed by atoms with Crippen LogP contribution in [-0.2, 0) is 0 Å². The molecule has 1 radical (unpaired) electrons. The zero-order chi connectivity index (χ0) is 10.1. The number of nitrogens with one attached hydrogen (secondary N) is 1. The van der Waals surface area contributed by atoms with Crippen LogP contribution in [-0.4, -0.2) is 16.0 Å². The number of aromatic nitrogens is 2. The molecule has 3 rings (SSSR count). The monoisotopic (exact) mass is 197 g/mol. The molecule has 1 aliphatic heterocycles. The largest absolute Gasteiger partial charge is 0.351 e. The molecule has 1 N–H and O–H groups in total. The summed E-state index contributed by atoms with van der Waals surface area (Å²) in [7, 11) is 0. The maximum Gasteiger partial charge on any atom is 0.216 e. The van der Waals surface area contributed by atoms with E-state index in [0.29, 0.717) is 0 Å². The van der Waals surface area contributed by atoms with Crippen LogP contribution in [0, 0.1) is 6.17 Å². The second kappa shape index (κ2) is 3.24. The average molecular weight is 197 g/mol. The Labute approximate surface area is 87.3 Å². The van der Waals surface area contributed by atoms with E-state index in [1.54, 1.807) is 17.1 Å². The van der Waals surface area contributed by atoms with Crippen molar-refractivity contribution in [1.29, 1.82) is 0 Å². The molecule has 15 heavy (non-hydrogen) atoms. The Morgan fingerprint density at radius 1 is 1.13 bits per heavy atom. The molecule has 0 saturated heterocycles. The molecule has 0 spiro atoms. The van der Waals surface area contributed by atoms with Gasteiger partial charge in [-0.3, -0.25) is 4.99 Å². The van der Waals surface area contributed by atoms with Crippen molar-refractivity contribution in [3.63, 3.8) is 0 Å². The fourth-order valence-corrected chi connectivity index (χ4v) is 1.52. The van der Waals surface area contributed by atoms with E-state index < -0.39 is 0 Å². The second-order valence-corrected chi connectivity index (χ2v) is 3.24. The quantitative estimate of drug-likeness (QED) is 0.760. The van der Waals surface area contributed by atoms with Gasteiger partial charge in [0.2, 0.25) is 6.17 Å². The van der Waals surface area contributed by atoms with Gasteiger partial charge in [0.15, 0.2) is 0 Å². The molecule has 1 aliphatic rings. The number of nitrogens with zero attached hydrogens (tertiary/aromatic N) is 3. The highest BCUT2D eigenvalue weighted by atomic mass is 15.4. The fraction of sp³-hybridized carbons (Fsp3) is 0. The molecule has 0 fully saturated rings. The smallest absolute Gasteiger partial charge is 0.216 e. The Kier molecular flexibility index (Phi) is 1.78. The predicted octanol–water partition coefficient (Wildman–Crippen LogP) is 2.05. The fourth-order valence-electron chi connectivity index (χ4n) is 1.52. The van der Waals surface area contributed by atoms with Crippen LogP contribution in [0.5, 0.6) is 0 Å². The summed E-state index contributed by atoms with van der Waals surface area (Å²) in [6.07, 6.45) is 6.25. The van der Waals surface area contributed by atoms with Gasteiger partial charge in [-0.2, -0.15) is 5.10 Å². The molecule has 0 saturated carbocycles. The lowest BCUT2D eigenvalue weighted by Crippen LogP contribution is -2.23. The zero-order valence-corrected chi connectivity index (χ0v) is 7.96. The highest BCUT2D eigenvalue weighted by Gasteiger charge is 2.15. The lowest BCUT2D eigenvalue weighted by molar-refractivity contribution is 0.771. The van der Waals surface area contributed by atoms with Crippen molar-refractivity contribution in [3.05, 3.63) is 48.9 Å². The summed E-state index contributed by atoms with van der Waals surface area (Å²) in [6, 6.07) is 9.79. The van der Waals surface area contributed by atoms with E-state index in [0.717, 1.165) is 17.5 Å². The number of rotatable bonds is 1. The van der Waals surface area contributed by atoms with Gasteiger partial charge in [-0.25, -0.2) is 4.68 Å². The summed E-state index contributed by atoms with van der Waals surface area (Å²) < 4.78 is 1.75. The van der Waals surface area contributed by atoms with Crippen molar-refractivity contribution in [2.45, 2.75) is 0 Å². The van der Waals surface area contributed by atoms with Crippen LogP contribution in [0.3, 0.4) is 0 Å². The third-order valence-corrected chi connectivity index (χ3v) is 2.24. The van der Waals surface area contributed by atoms with Gasteiger partial charge >= 0.3 is 0 Å². The molecule has 0 atom stereocenters. The highest BCUT2D eigenvalue weighted by molar-refractivity contribution is 5.88. The van der Waals surface area contributed by atoms with Gasteiger partial charge in [0.25, 0.3) is 0 Å². The summed E-state index contributed by atoms with van der Waals surface area (Å²) in [6.45, 7) is 0. The number of anilines is 1. The molecule has 2 aromatic rings. The molecule has 2 heterocycles. The molecule has 1 aromatic heterocycles. The van der Waals surface area contributed by atoms with E-state index in [1.165, 1.54) is 0 Å². The van der Waals surface area contributed by atoms with E-state index in [1.807, 2.05) is 36.5 Å². The maximum atomic E-state index is 4.35. The lowest BCUT2D eigenvalue weighted by atomic mass is 10.2. The molecule has 0 aliphatic carbocycles. The molecule has 4 nitrogen and oxygen atoms in total. The van der Waals surface area contributed by atoms with Crippen molar-refractivity contribution >= 4 is 17.6 Å². The molecular formula is C11H9N4. The number of benzene rings is 1. The van der Waals surface area contributed by atoms with Crippen LogP contribution in [0.4, 0.5) is 11.4 Å². The van der Waals surface area contributed by atoms with E-state index in [4.69, 9.17) is 0 Å². The summed E-state index contributed by atoms with van der Waals surface area (Å²) in [5.74, 6) is 0. The van der Waals surface area contributed by atoms with Crippen LogP contribution < -0.4 is 5.32 Å². The standard InChI is InChI=1S/C11H9N4/c1-2-5-10-9(4-1)12-8-11(14-10)15-7-3-6-13-15/h1-8,14H. The first-order chi connectivity index (χ1) is 7.43. The predicted molar refractivity (Wildman–Crippen MR) is 59.1 cm³/mol.